The second-order valence-electron chi connectivity index (χ2n) is 21.1. The number of carboxylic acid groups (broad SMARTS) is 2. The quantitative estimate of drug-likeness (QED) is 0.0336. The molecule has 0 aliphatic heterocycles. The first-order chi connectivity index (χ1) is 40.2. The van der Waals surface area contributed by atoms with Gasteiger partial charge in [-0.2, -0.15) is 0 Å². The van der Waals surface area contributed by atoms with E-state index < -0.39 is 150 Å². The monoisotopic (exact) mass is 1200 g/mol. The van der Waals surface area contributed by atoms with Gasteiger partial charge in [-0.1, -0.05) is 71.9 Å². The number of benzene rings is 2. The van der Waals surface area contributed by atoms with Crippen LogP contribution in [0, 0.1) is 17.8 Å². The number of nitrogens with one attached hydrogen (secondary N) is 9. The molecule has 3 aromatic rings. The van der Waals surface area contributed by atoms with Crippen LogP contribution in [0.1, 0.15) is 108 Å². The topological polar surface area (TPSA) is 426 Å². The number of nitrogens with zero attached hydrogens (tertiary/aromatic N) is 2. The SMILES string of the molecule is CC(C)C[C@H](NC(=O)[C@@H](NC(=O)CNC(=O)c1ccccc1)C(C)C)C(=O)N[C@@H](CCCCNC(=O)CC(SCCc1cnccn1)C(=O)O)C(=O)N[C@@H](CCC(=O)O)C(=O)N[C@@H](Cc1ccc(O)cc1)C(=O)NCC(=O)N[C@H](C(N)=O)C(C)C. The molecule has 0 aliphatic rings. The highest BCUT2D eigenvalue weighted by Crippen LogP contribution is 2.18. The average molecular weight is 1210 g/mol. The molecule has 0 radical (unpaired) electrons. The maximum Gasteiger partial charge on any atom is 0.317 e. The second-order valence-corrected chi connectivity index (χ2v) is 22.4. The van der Waals surface area contributed by atoms with Gasteiger partial charge in [0.1, 0.15) is 47.3 Å². The highest BCUT2D eigenvalue weighted by Gasteiger charge is 2.34. The lowest BCUT2D eigenvalue weighted by Gasteiger charge is -2.28. The lowest BCUT2D eigenvalue weighted by molar-refractivity contribution is -0.139. The van der Waals surface area contributed by atoms with Crippen molar-refractivity contribution in [3.8, 4) is 5.75 Å². The van der Waals surface area contributed by atoms with Gasteiger partial charge in [0.2, 0.25) is 53.2 Å². The number of rotatable bonds is 38. The molecular weight excluding hydrogens is 1120 g/mol. The van der Waals surface area contributed by atoms with Gasteiger partial charge >= 0.3 is 11.9 Å². The van der Waals surface area contributed by atoms with E-state index >= 15 is 0 Å². The van der Waals surface area contributed by atoms with Gasteiger partial charge in [-0.05, 0) is 85.4 Å². The molecule has 28 heteroatoms. The van der Waals surface area contributed by atoms with Crippen LogP contribution in [0.15, 0.2) is 73.2 Å². The lowest BCUT2D eigenvalue weighted by Crippen LogP contribution is -2.60. The van der Waals surface area contributed by atoms with E-state index in [1.807, 2.05) is 0 Å². The van der Waals surface area contributed by atoms with Crippen LogP contribution in [0.3, 0.4) is 0 Å². The van der Waals surface area contributed by atoms with E-state index in [1.165, 1.54) is 36.7 Å². The Morgan fingerprint density at radius 3 is 1.74 bits per heavy atom. The third kappa shape index (κ3) is 27.1. The molecule has 0 aliphatic carbocycles. The number of aromatic nitrogens is 2. The summed E-state index contributed by atoms with van der Waals surface area (Å²) in [4.78, 5) is 167. The Bertz CT molecular complexity index is 2740. The molecule has 0 bridgehead atoms. The van der Waals surface area contributed by atoms with Crippen molar-refractivity contribution in [2.45, 2.75) is 141 Å². The van der Waals surface area contributed by atoms with Crippen LogP contribution in [0.25, 0.3) is 0 Å². The number of primary amides is 1. The fourth-order valence-electron chi connectivity index (χ4n) is 8.28. The maximum absolute atomic E-state index is 14.5. The number of hydrogen-bond donors (Lipinski definition) is 13. The number of unbranched alkanes of at least 4 members (excludes halogenated alkanes) is 1. The third-order valence-corrected chi connectivity index (χ3v) is 14.1. The van der Waals surface area contributed by atoms with Crippen LogP contribution in [-0.4, -0.2) is 163 Å². The summed E-state index contributed by atoms with van der Waals surface area (Å²) in [5.74, 6) is -11.6. The molecule has 1 aromatic heterocycles. The number of nitrogens with two attached hydrogens (primary N) is 1. The van der Waals surface area contributed by atoms with E-state index in [2.05, 4.69) is 57.8 Å². The van der Waals surface area contributed by atoms with Crippen molar-refractivity contribution in [2.75, 3.05) is 25.4 Å². The van der Waals surface area contributed by atoms with Crippen molar-refractivity contribution in [2.24, 2.45) is 23.5 Å². The number of aryl methyl sites for hydroxylation is 1. The van der Waals surface area contributed by atoms with Gasteiger partial charge in [-0.25, -0.2) is 0 Å². The molecule has 85 heavy (non-hydrogen) atoms. The number of hydrogen-bond acceptors (Lipinski definition) is 16. The predicted molar refractivity (Wildman–Crippen MR) is 311 cm³/mol. The Morgan fingerprint density at radius 1 is 0.600 bits per heavy atom. The van der Waals surface area contributed by atoms with Gasteiger partial charge in [0, 0.05) is 56.4 Å². The van der Waals surface area contributed by atoms with Crippen molar-refractivity contribution in [3.63, 3.8) is 0 Å². The van der Waals surface area contributed by atoms with E-state index in [0.717, 1.165) is 11.8 Å². The molecule has 1 heterocycles. The Hall–Kier alpha value is -8.69. The molecule has 10 amide bonds. The Balaban J connectivity index is 1.89. The van der Waals surface area contributed by atoms with Crippen LogP contribution in [0.4, 0.5) is 0 Å². The number of thioether (sulfide) groups is 1. The molecule has 14 N–H and O–H groups in total. The van der Waals surface area contributed by atoms with E-state index in [1.54, 1.807) is 78.1 Å². The van der Waals surface area contributed by atoms with Gasteiger partial charge in [-0.15, -0.1) is 11.8 Å². The summed E-state index contributed by atoms with van der Waals surface area (Å²) in [7, 11) is 0. The summed E-state index contributed by atoms with van der Waals surface area (Å²) in [5, 5.41) is 51.3. The fraction of sp³-hybridized carbons (Fsp3) is 0.509. The Kier molecular flexibility index (Phi) is 30.6. The van der Waals surface area contributed by atoms with E-state index in [9.17, 15) is 72.9 Å². The first-order valence-electron chi connectivity index (χ1n) is 27.8. The summed E-state index contributed by atoms with van der Waals surface area (Å²) in [6.45, 7) is 8.95. The zero-order chi connectivity index (χ0) is 63.2. The van der Waals surface area contributed by atoms with Crippen molar-refractivity contribution >= 4 is 82.8 Å². The van der Waals surface area contributed by atoms with E-state index in [-0.39, 0.29) is 56.7 Å². The smallest absolute Gasteiger partial charge is 0.317 e. The minimum atomic E-state index is -1.69. The van der Waals surface area contributed by atoms with Gasteiger partial charge in [0.15, 0.2) is 0 Å². The standard InChI is InChI=1S/C57H80N12O15S/c1-32(2)26-41(67-56(82)49(34(5)6)69-46(73)30-62-51(77)36-12-8-7-9-13-36)55(81)64-39(14-10-11-22-61-44(71)28-43(57(83)84)85-25-21-37-29-59-23-24-60-37)53(79)65-40(19-20-47(74)75)54(80)66-42(27-35-15-17-38(70)18-16-35)52(78)63-31-45(72)68-48(33(3)4)50(58)76/h7-9,12-13,15-18,23-24,29,32-34,39-43,48-49,70H,10-11,14,19-22,25-28,30-31H2,1-6H3,(H2,58,76)(H,61,71)(H,62,77)(H,63,78)(H,64,81)(H,65,79)(H,66,80)(H,67,82)(H,68,72)(H,69,73)(H,74,75)(H,83,84)/t39-,40-,41-,42-,43?,48-,49-/m0/s1. The van der Waals surface area contributed by atoms with Gasteiger partial charge < -0.3 is 68.9 Å². The predicted octanol–water partition coefficient (Wildman–Crippen LogP) is -0.00640. The van der Waals surface area contributed by atoms with Gasteiger partial charge in [0.05, 0.1) is 18.8 Å². The molecule has 27 nitrogen and oxygen atoms in total. The molecule has 1 unspecified atom stereocenters. The van der Waals surface area contributed by atoms with Gasteiger partial charge in [0.25, 0.3) is 5.91 Å². The molecular formula is C57H80N12O15S. The number of aromatic hydroxyl groups is 1. The van der Waals surface area contributed by atoms with Crippen LogP contribution < -0.4 is 53.6 Å². The first-order valence-corrected chi connectivity index (χ1v) is 28.8. The van der Waals surface area contributed by atoms with Crippen LogP contribution in [0.5, 0.6) is 5.75 Å². The highest BCUT2D eigenvalue weighted by atomic mass is 32.2. The summed E-state index contributed by atoms with van der Waals surface area (Å²) in [6, 6.07) is 5.35. The minimum absolute atomic E-state index is 0.00123. The summed E-state index contributed by atoms with van der Waals surface area (Å²) >= 11 is 1.06. The largest absolute Gasteiger partial charge is 0.508 e. The maximum atomic E-state index is 14.5. The second kappa shape index (κ2) is 36.8. The number of carbonyl (C=O) groups is 12. The van der Waals surface area contributed by atoms with Crippen molar-refractivity contribution < 1.29 is 72.9 Å². The van der Waals surface area contributed by atoms with E-state index in [4.69, 9.17) is 5.73 Å². The highest BCUT2D eigenvalue weighted by molar-refractivity contribution is 8.00. The number of amides is 10. The number of phenolic OH excluding ortho intramolecular Hbond substituents is 1. The van der Waals surface area contributed by atoms with Crippen molar-refractivity contribution in [1.29, 1.82) is 0 Å². The van der Waals surface area contributed by atoms with E-state index in [0.29, 0.717) is 29.0 Å². The summed E-state index contributed by atoms with van der Waals surface area (Å²) < 4.78 is 0. The molecule has 0 saturated heterocycles. The zero-order valence-electron chi connectivity index (χ0n) is 48.5. The van der Waals surface area contributed by atoms with Gasteiger partial charge in [-0.3, -0.25) is 67.5 Å². The molecule has 3 rings (SSSR count). The van der Waals surface area contributed by atoms with Crippen LogP contribution >= 0.6 is 11.8 Å². The van der Waals surface area contributed by atoms with Crippen LogP contribution in [-0.2, 0) is 65.6 Å². The molecule has 2 aromatic carbocycles. The molecule has 0 spiro atoms. The van der Waals surface area contributed by atoms with Crippen molar-refractivity contribution in [1.82, 2.24) is 57.8 Å². The minimum Gasteiger partial charge on any atom is -0.508 e. The molecule has 0 fully saturated rings. The Labute approximate surface area is 497 Å². The molecule has 464 valence electrons. The number of carbonyl (C=O) groups excluding carboxylic acids is 10. The number of phenols is 1. The normalized spacial score (nSPS) is 13.5. The van der Waals surface area contributed by atoms with Crippen molar-refractivity contribution in [3.05, 3.63) is 90.0 Å². The van der Waals surface area contributed by atoms with Crippen LogP contribution in [0.2, 0.25) is 0 Å². The molecule has 7 atom stereocenters. The summed E-state index contributed by atoms with van der Waals surface area (Å²) in [5.41, 5.74) is 6.79. The Morgan fingerprint density at radius 2 is 1.18 bits per heavy atom. The number of carboxylic acids is 2. The fourth-order valence-corrected chi connectivity index (χ4v) is 9.30. The zero-order valence-corrected chi connectivity index (χ0v) is 49.3. The summed E-state index contributed by atoms with van der Waals surface area (Å²) in [6.07, 6.45) is 3.25. The lowest BCUT2D eigenvalue weighted by atomic mass is 9.99. The third-order valence-electron chi connectivity index (χ3n) is 12.9. The first kappa shape index (κ1) is 70.6. The average Bonchev–Trinajstić information content (AvgIpc) is 3.58. The number of aliphatic carboxylic acids is 2. The molecule has 0 saturated carbocycles.